The molecule has 2 aromatic carbocycles. The molecule has 0 spiro atoms. The van der Waals surface area contributed by atoms with Gasteiger partial charge in [0.2, 0.25) is 0 Å². The molecule has 0 amide bonds. The molecule has 0 aliphatic rings. The van der Waals surface area contributed by atoms with Gasteiger partial charge in [0.15, 0.2) is 0 Å². The zero-order valence-electron chi connectivity index (χ0n) is 28.0. The molecule has 2 nitrogen and oxygen atoms in total. The lowest BCUT2D eigenvalue weighted by atomic mass is 9.78. The van der Waals surface area contributed by atoms with Crippen LogP contribution in [0.3, 0.4) is 0 Å². The first-order chi connectivity index (χ1) is 19.6. The van der Waals surface area contributed by atoms with E-state index in [0.717, 1.165) is 67.7 Å². The van der Waals surface area contributed by atoms with Crippen LogP contribution in [-0.2, 0) is 6.42 Å². The van der Waals surface area contributed by atoms with Crippen LogP contribution < -0.4 is 0 Å². The minimum atomic E-state index is 0.438. The Labute approximate surface area is 253 Å². The van der Waals surface area contributed by atoms with Gasteiger partial charge in [-0.1, -0.05) is 94.5 Å². The number of hydrogen-bond donors (Lipinski definition) is 0. The third-order valence-corrected chi connectivity index (χ3v) is 9.23. The molecule has 0 bridgehead atoms. The molecule has 2 rings (SSSR count). The summed E-state index contributed by atoms with van der Waals surface area (Å²) in [7, 11) is 0. The Hall–Kier alpha value is -2.74. The van der Waals surface area contributed by atoms with Crippen LogP contribution in [0.1, 0.15) is 165 Å². The topological polar surface area (TPSA) is 24.7 Å². The van der Waals surface area contributed by atoms with Crippen LogP contribution in [0.2, 0.25) is 0 Å². The fraction of sp³-hybridized carbons (Fsp3) is 0.538. The molecule has 0 aromatic heterocycles. The standard InChI is InChI=1S/C39H58N2/c1-13-26(9)36-30(21-23-34(38(36)28(11)15-3)40-32(17-5)18-6)25-31-22-24-35(41-33(19-7)20-8)39(29(12)16-4)37(31)27(10)14-2/h17,19,21-24,26-29H,5,7,13-16,18,20,25H2,1-4,6,8-12H3/b40-32-,41-33+. The molecule has 0 saturated heterocycles. The van der Waals surface area contributed by atoms with Crippen molar-refractivity contribution < 1.29 is 0 Å². The molecule has 224 valence electrons. The van der Waals surface area contributed by atoms with Gasteiger partial charge in [0, 0.05) is 11.4 Å². The molecule has 0 saturated carbocycles. The Bertz CT molecular complexity index is 1130. The van der Waals surface area contributed by atoms with Gasteiger partial charge in [-0.2, -0.15) is 0 Å². The molecule has 0 heterocycles. The van der Waals surface area contributed by atoms with Crippen molar-refractivity contribution in [3.8, 4) is 0 Å². The highest BCUT2D eigenvalue weighted by atomic mass is 14.8. The summed E-state index contributed by atoms with van der Waals surface area (Å²) in [6.07, 6.45) is 10.9. The van der Waals surface area contributed by atoms with Gasteiger partial charge in [-0.05, 0) is 126 Å². The van der Waals surface area contributed by atoms with Crippen molar-refractivity contribution in [1.29, 1.82) is 0 Å². The second-order valence-corrected chi connectivity index (χ2v) is 11.9. The normalized spacial score (nSPS) is 15.4. The first kappa shape index (κ1) is 34.5. The monoisotopic (exact) mass is 554 g/mol. The van der Waals surface area contributed by atoms with Crippen LogP contribution >= 0.6 is 0 Å². The van der Waals surface area contributed by atoms with Crippen molar-refractivity contribution >= 4 is 22.8 Å². The van der Waals surface area contributed by atoms with Crippen LogP contribution in [0, 0.1) is 0 Å². The second kappa shape index (κ2) is 16.6. The Morgan fingerprint density at radius 1 is 0.561 bits per heavy atom. The molecule has 0 fully saturated rings. The summed E-state index contributed by atoms with van der Waals surface area (Å²) in [5.74, 6) is 1.80. The van der Waals surface area contributed by atoms with E-state index >= 15 is 0 Å². The third-order valence-electron chi connectivity index (χ3n) is 9.23. The number of hydrogen-bond acceptors (Lipinski definition) is 2. The number of aliphatic imine (C=N–C) groups is 2. The molecule has 0 aliphatic heterocycles. The van der Waals surface area contributed by atoms with Gasteiger partial charge >= 0.3 is 0 Å². The van der Waals surface area contributed by atoms with Gasteiger partial charge in [-0.15, -0.1) is 0 Å². The summed E-state index contributed by atoms with van der Waals surface area (Å²) in [6.45, 7) is 31.1. The number of rotatable bonds is 16. The highest BCUT2D eigenvalue weighted by Gasteiger charge is 2.25. The van der Waals surface area contributed by atoms with E-state index in [1.807, 2.05) is 12.2 Å². The molecule has 0 radical (unpaired) electrons. The van der Waals surface area contributed by atoms with E-state index in [-0.39, 0.29) is 0 Å². The van der Waals surface area contributed by atoms with Crippen LogP contribution in [0.5, 0.6) is 0 Å². The third kappa shape index (κ3) is 8.18. The smallest absolute Gasteiger partial charge is 0.0670 e. The van der Waals surface area contributed by atoms with Crippen molar-refractivity contribution in [1.82, 2.24) is 0 Å². The van der Waals surface area contributed by atoms with Gasteiger partial charge in [0.1, 0.15) is 0 Å². The lowest BCUT2D eigenvalue weighted by molar-refractivity contribution is 0.663. The zero-order chi connectivity index (χ0) is 30.7. The largest absolute Gasteiger partial charge is 0.253 e. The van der Waals surface area contributed by atoms with Gasteiger partial charge in [0.25, 0.3) is 0 Å². The van der Waals surface area contributed by atoms with Crippen molar-refractivity contribution in [3.63, 3.8) is 0 Å². The Morgan fingerprint density at radius 3 is 1.15 bits per heavy atom. The van der Waals surface area contributed by atoms with Gasteiger partial charge in [0.05, 0.1) is 11.4 Å². The number of nitrogens with zero attached hydrogens (tertiary/aromatic N) is 2. The van der Waals surface area contributed by atoms with E-state index < -0.39 is 0 Å². The SMILES string of the molecule is C=C/C(CC)=N\c1ccc(Cc2ccc(/N=C(/C=C)CC)c(C(C)CC)c2C(C)CC)c(C(C)CC)c1C(C)CC. The fourth-order valence-electron chi connectivity index (χ4n) is 5.91. The zero-order valence-corrected chi connectivity index (χ0v) is 28.0. The molecule has 2 heteroatoms. The van der Waals surface area contributed by atoms with E-state index in [1.54, 1.807) is 0 Å². The summed E-state index contributed by atoms with van der Waals surface area (Å²) in [5, 5.41) is 0. The number of allylic oxidation sites excluding steroid dienone is 2. The van der Waals surface area contributed by atoms with Crippen molar-refractivity contribution in [2.24, 2.45) is 9.98 Å². The van der Waals surface area contributed by atoms with Crippen LogP contribution in [-0.4, -0.2) is 11.4 Å². The Balaban J connectivity index is 2.95. The van der Waals surface area contributed by atoms with E-state index in [9.17, 15) is 0 Å². The first-order valence-electron chi connectivity index (χ1n) is 16.4. The second-order valence-electron chi connectivity index (χ2n) is 11.9. The molecule has 2 aromatic rings. The van der Waals surface area contributed by atoms with Gasteiger partial charge in [-0.25, -0.2) is 0 Å². The molecule has 4 atom stereocenters. The molecule has 4 unspecified atom stereocenters. The molecular formula is C39H58N2. The van der Waals surface area contributed by atoms with Crippen LogP contribution in [0.25, 0.3) is 0 Å². The van der Waals surface area contributed by atoms with Gasteiger partial charge < -0.3 is 0 Å². The maximum atomic E-state index is 5.13. The molecule has 41 heavy (non-hydrogen) atoms. The van der Waals surface area contributed by atoms with E-state index in [4.69, 9.17) is 9.98 Å². The quantitative estimate of drug-likeness (QED) is 0.184. The summed E-state index contributed by atoms with van der Waals surface area (Å²) in [4.78, 5) is 10.3. The van der Waals surface area contributed by atoms with Gasteiger partial charge in [-0.3, -0.25) is 9.98 Å². The van der Waals surface area contributed by atoms with Crippen molar-refractivity contribution in [2.45, 2.75) is 138 Å². The lowest BCUT2D eigenvalue weighted by Crippen LogP contribution is -2.11. The van der Waals surface area contributed by atoms with E-state index in [0.29, 0.717) is 23.7 Å². The van der Waals surface area contributed by atoms with Crippen LogP contribution in [0.4, 0.5) is 11.4 Å². The number of benzene rings is 2. The average molecular weight is 555 g/mol. The fourth-order valence-corrected chi connectivity index (χ4v) is 5.91. The molecular weight excluding hydrogens is 496 g/mol. The van der Waals surface area contributed by atoms with E-state index in [1.165, 1.54) is 33.4 Å². The summed E-state index contributed by atoms with van der Waals surface area (Å²) in [6, 6.07) is 9.28. The minimum absolute atomic E-state index is 0.438. The maximum Gasteiger partial charge on any atom is 0.0670 e. The first-order valence-corrected chi connectivity index (χ1v) is 16.4. The average Bonchev–Trinajstić information content (AvgIpc) is 3.01. The van der Waals surface area contributed by atoms with E-state index in [2.05, 4.69) is 107 Å². The molecule has 0 N–H and O–H groups in total. The highest BCUT2D eigenvalue weighted by Crippen LogP contribution is 2.43. The predicted molar refractivity (Wildman–Crippen MR) is 186 cm³/mol. The van der Waals surface area contributed by atoms with Crippen LogP contribution in [0.15, 0.2) is 59.6 Å². The molecule has 0 aliphatic carbocycles. The van der Waals surface area contributed by atoms with Crippen molar-refractivity contribution in [2.75, 3.05) is 0 Å². The minimum Gasteiger partial charge on any atom is -0.253 e. The highest BCUT2D eigenvalue weighted by molar-refractivity contribution is 5.97. The summed E-state index contributed by atoms with van der Waals surface area (Å²) in [5.41, 5.74) is 13.1. The van der Waals surface area contributed by atoms with Crippen molar-refractivity contribution in [3.05, 3.63) is 83.0 Å². The maximum absolute atomic E-state index is 5.13. The Kier molecular flexibility index (Phi) is 14.0. The lowest BCUT2D eigenvalue weighted by Gasteiger charge is -2.28. The summed E-state index contributed by atoms with van der Waals surface area (Å²) < 4.78 is 0. The summed E-state index contributed by atoms with van der Waals surface area (Å²) >= 11 is 0. The predicted octanol–water partition coefficient (Wildman–Crippen LogP) is 12.7. The Morgan fingerprint density at radius 2 is 0.878 bits per heavy atom.